The molecule has 0 aliphatic carbocycles. The first kappa shape index (κ1) is 20.9. The second-order valence-electron chi connectivity index (χ2n) is 6.71. The molecule has 0 spiro atoms. The van der Waals surface area contributed by atoms with Gasteiger partial charge in [0.1, 0.15) is 6.10 Å². The number of halogens is 2. The molecule has 0 bridgehead atoms. The summed E-state index contributed by atoms with van der Waals surface area (Å²) in [5.74, 6) is -3.27. The lowest BCUT2D eigenvalue weighted by atomic mass is 10.2. The summed E-state index contributed by atoms with van der Waals surface area (Å²) >= 11 is 0. The van der Waals surface area contributed by atoms with Gasteiger partial charge < -0.3 is 14.5 Å². The van der Waals surface area contributed by atoms with Crippen molar-refractivity contribution in [1.82, 2.24) is 15.1 Å². The second kappa shape index (κ2) is 8.27. The van der Waals surface area contributed by atoms with Crippen molar-refractivity contribution in [2.75, 3.05) is 32.1 Å². The van der Waals surface area contributed by atoms with Gasteiger partial charge in [0, 0.05) is 33.1 Å². The number of likely N-dealkylation sites (tertiary alicyclic amines) is 1. The number of hydrogen-bond acceptors (Lipinski definition) is 7. The summed E-state index contributed by atoms with van der Waals surface area (Å²) in [6, 6.07) is 8.39. The van der Waals surface area contributed by atoms with Crippen molar-refractivity contribution in [3.63, 3.8) is 0 Å². The molecule has 29 heavy (non-hydrogen) atoms. The molecule has 1 fully saturated rings. The van der Waals surface area contributed by atoms with Crippen LogP contribution in [0, 0.1) is 0 Å². The predicted octanol–water partition coefficient (Wildman–Crippen LogP) is 1.83. The lowest BCUT2D eigenvalue weighted by molar-refractivity contribution is 0.0767. The molecule has 1 aromatic heterocycles. The quantitative estimate of drug-likeness (QED) is 0.696. The van der Waals surface area contributed by atoms with E-state index in [1.54, 1.807) is 17.0 Å². The predicted molar refractivity (Wildman–Crippen MR) is 101 cm³/mol. The zero-order valence-electron chi connectivity index (χ0n) is 15.8. The van der Waals surface area contributed by atoms with Crippen molar-refractivity contribution in [3.05, 3.63) is 42.0 Å². The maximum atomic E-state index is 13.0. The summed E-state index contributed by atoms with van der Waals surface area (Å²) in [6.07, 6.45) is 0.129. The highest BCUT2D eigenvalue weighted by Gasteiger charge is 2.34. The number of nitrogens with zero attached hydrogens (tertiary/aromatic N) is 4. The molecule has 156 valence electrons. The molecule has 3 rings (SSSR count). The number of carbonyl (C=O) groups excluding carboxylic acids is 1. The topological polar surface area (TPSA) is 92.7 Å². The van der Waals surface area contributed by atoms with E-state index in [-0.39, 0.29) is 18.2 Å². The lowest BCUT2D eigenvalue weighted by Gasteiger charge is -2.19. The smallest absolute Gasteiger partial charge is 0.341 e. The highest BCUT2D eigenvalue weighted by molar-refractivity contribution is 7.91. The van der Waals surface area contributed by atoms with E-state index >= 15 is 0 Å². The van der Waals surface area contributed by atoms with Crippen LogP contribution in [0.5, 0.6) is 5.88 Å². The molecular formula is C18H20F2N4O4S. The summed E-state index contributed by atoms with van der Waals surface area (Å²) < 4.78 is 55.4. The van der Waals surface area contributed by atoms with E-state index in [4.69, 9.17) is 4.74 Å². The van der Waals surface area contributed by atoms with Crippen LogP contribution in [-0.2, 0) is 9.84 Å². The van der Waals surface area contributed by atoms with Gasteiger partial charge in [0.05, 0.1) is 17.0 Å². The third-order valence-electron chi connectivity index (χ3n) is 4.46. The maximum absolute atomic E-state index is 13.0. The number of alkyl halides is 2. The highest BCUT2D eigenvalue weighted by Crippen LogP contribution is 2.25. The second-order valence-corrected chi connectivity index (χ2v) is 8.59. The van der Waals surface area contributed by atoms with Crippen molar-refractivity contribution >= 4 is 21.6 Å². The van der Waals surface area contributed by atoms with Gasteiger partial charge in [-0.3, -0.25) is 4.79 Å². The SMILES string of the molecule is CN(C)c1ccc(OC2CCN(C(=O)c3ccccc3S(=O)(=O)C(F)F)C2)nn1. The fourth-order valence-corrected chi connectivity index (χ4v) is 3.87. The Morgan fingerprint density at radius 2 is 1.93 bits per heavy atom. The molecule has 1 atom stereocenters. The molecule has 1 aliphatic heterocycles. The van der Waals surface area contributed by atoms with Gasteiger partial charge in [-0.05, 0) is 18.2 Å². The fraction of sp³-hybridized carbons (Fsp3) is 0.389. The van der Waals surface area contributed by atoms with Gasteiger partial charge in [-0.1, -0.05) is 12.1 Å². The molecule has 0 N–H and O–H groups in total. The van der Waals surface area contributed by atoms with Crippen LogP contribution in [0.15, 0.2) is 41.3 Å². The molecule has 1 aliphatic rings. The van der Waals surface area contributed by atoms with Crippen molar-refractivity contribution in [2.24, 2.45) is 0 Å². The van der Waals surface area contributed by atoms with Gasteiger partial charge in [0.15, 0.2) is 5.82 Å². The number of benzene rings is 1. The Labute approximate surface area is 167 Å². The minimum atomic E-state index is -4.89. The normalized spacial score (nSPS) is 16.9. The van der Waals surface area contributed by atoms with Gasteiger partial charge in [-0.15, -0.1) is 10.2 Å². The first-order valence-corrected chi connectivity index (χ1v) is 10.3. The monoisotopic (exact) mass is 426 g/mol. The lowest BCUT2D eigenvalue weighted by Crippen LogP contribution is -2.32. The molecule has 1 unspecified atom stereocenters. The first-order valence-electron chi connectivity index (χ1n) is 8.78. The third-order valence-corrected chi connectivity index (χ3v) is 5.90. The molecule has 11 heteroatoms. The Morgan fingerprint density at radius 3 is 2.55 bits per heavy atom. The molecule has 8 nitrogen and oxygen atoms in total. The Kier molecular flexibility index (Phi) is 5.96. The molecule has 1 saturated heterocycles. The molecule has 1 aromatic carbocycles. The molecule has 0 radical (unpaired) electrons. The maximum Gasteiger partial charge on any atom is 0.341 e. The first-order chi connectivity index (χ1) is 13.7. The van der Waals surface area contributed by atoms with Crippen molar-refractivity contribution in [2.45, 2.75) is 23.2 Å². The summed E-state index contributed by atoms with van der Waals surface area (Å²) in [5.41, 5.74) is -0.274. The minimum Gasteiger partial charge on any atom is -0.471 e. The van der Waals surface area contributed by atoms with Crippen LogP contribution >= 0.6 is 0 Å². The molecule has 2 aromatic rings. The van der Waals surface area contributed by atoms with Gasteiger partial charge in [-0.25, -0.2) is 8.42 Å². The standard InChI is InChI=1S/C18H20F2N4O4S/c1-23(2)15-7-8-16(22-21-15)28-12-9-10-24(11-12)17(25)13-5-3-4-6-14(13)29(26,27)18(19)20/h3-8,12,18H,9-11H2,1-2H3. The Bertz CT molecular complexity index is 984. The summed E-state index contributed by atoms with van der Waals surface area (Å²) in [5, 5.41) is 7.99. The number of ether oxygens (including phenoxy) is 1. The van der Waals surface area contributed by atoms with Gasteiger partial charge in [0.25, 0.3) is 5.91 Å². The number of amides is 1. The zero-order chi connectivity index (χ0) is 21.2. The third kappa shape index (κ3) is 4.44. The van der Waals surface area contributed by atoms with E-state index in [0.29, 0.717) is 24.7 Å². The molecule has 2 heterocycles. The molecule has 1 amide bonds. The van der Waals surface area contributed by atoms with Crippen molar-refractivity contribution < 1.29 is 26.7 Å². The average Bonchev–Trinajstić information content (AvgIpc) is 3.16. The number of rotatable bonds is 6. The van der Waals surface area contributed by atoms with E-state index in [0.717, 1.165) is 6.07 Å². The van der Waals surface area contributed by atoms with E-state index in [2.05, 4.69) is 10.2 Å². The van der Waals surface area contributed by atoms with Gasteiger partial charge >= 0.3 is 5.76 Å². The summed E-state index contributed by atoms with van der Waals surface area (Å²) in [6.45, 7) is 0.481. The number of hydrogen-bond donors (Lipinski definition) is 0. The Hall–Kier alpha value is -2.82. The zero-order valence-corrected chi connectivity index (χ0v) is 16.6. The molecular weight excluding hydrogens is 406 g/mol. The number of aromatic nitrogens is 2. The van der Waals surface area contributed by atoms with Crippen LogP contribution in [0.4, 0.5) is 14.6 Å². The van der Waals surface area contributed by atoms with E-state index in [9.17, 15) is 22.0 Å². The fourth-order valence-electron chi connectivity index (χ4n) is 2.95. The Morgan fingerprint density at radius 1 is 1.21 bits per heavy atom. The van der Waals surface area contributed by atoms with Crippen LogP contribution < -0.4 is 9.64 Å². The van der Waals surface area contributed by atoms with E-state index < -0.39 is 26.4 Å². The van der Waals surface area contributed by atoms with Crippen molar-refractivity contribution in [1.29, 1.82) is 0 Å². The van der Waals surface area contributed by atoms with Crippen LogP contribution in [0.25, 0.3) is 0 Å². The number of anilines is 1. The summed E-state index contributed by atoms with van der Waals surface area (Å²) in [7, 11) is -1.23. The molecule has 0 saturated carbocycles. The van der Waals surface area contributed by atoms with Crippen molar-refractivity contribution in [3.8, 4) is 5.88 Å². The van der Waals surface area contributed by atoms with Crippen LogP contribution in [0.1, 0.15) is 16.8 Å². The van der Waals surface area contributed by atoms with Gasteiger partial charge in [0.2, 0.25) is 15.7 Å². The minimum absolute atomic E-state index is 0.180. The average molecular weight is 426 g/mol. The van der Waals surface area contributed by atoms with Gasteiger partial charge in [-0.2, -0.15) is 8.78 Å². The van der Waals surface area contributed by atoms with Crippen LogP contribution in [-0.4, -0.2) is 68.5 Å². The number of carbonyl (C=O) groups is 1. The number of sulfone groups is 1. The largest absolute Gasteiger partial charge is 0.471 e. The van der Waals surface area contributed by atoms with E-state index in [1.807, 2.05) is 14.1 Å². The Balaban J connectivity index is 1.72. The van der Waals surface area contributed by atoms with Crippen LogP contribution in [0.3, 0.4) is 0 Å². The highest BCUT2D eigenvalue weighted by atomic mass is 32.2. The summed E-state index contributed by atoms with van der Waals surface area (Å²) in [4.78, 5) is 15.3. The van der Waals surface area contributed by atoms with E-state index in [1.165, 1.54) is 23.1 Å². The van der Waals surface area contributed by atoms with Crippen LogP contribution in [0.2, 0.25) is 0 Å².